The minimum Gasteiger partial charge on any atom is -0.402 e. The topological polar surface area (TPSA) is 88.4 Å². The van der Waals surface area contributed by atoms with Crippen LogP contribution < -0.4 is 11.5 Å². The first-order chi connectivity index (χ1) is 7.70. The van der Waals surface area contributed by atoms with Crippen molar-refractivity contribution in [2.75, 3.05) is 0 Å². The van der Waals surface area contributed by atoms with Crippen molar-refractivity contribution in [3.8, 4) is 0 Å². The SMILES string of the molecule is [N-]=[N+]=C1C(N)=Cc2ccc3c(c21)CC(N)=C3. The maximum atomic E-state index is 9.00. The van der Waals surface area contributed by atoms with Crippen molar-refractivity contribution in [2.45, 2.75) is 6.42 Å². The lowest BCUT2D eigenvalue weighted by Gasteiger charge is -2.03. The Kier molecular flexibility index (Phi) is 1.59. The van der Waals surface area contributed by atoms with Gasteiger partial charge in [0.15, 0.2) is 0 Å². The van der Waals surface area contributed by atoms with Crippen LogP contribution in [0.4, 0.5) is 0 Å². The van der Waals surface area contributed by atoms with Crippen LogP contribution in [0.1, 0.15) is 22.3 Å². The molecule has 0 aliphatic heterocycles. The summed E-state index contributed by atoms with van der Waals surface area (Å²) >= 11 is 0. The fourth-order valence-electron chi connectivity index (χ4n) is 2.35. The number of hydrogen-bond acceptors (Lipinski definition) is 2. The smallest absolute Gasteiger partial charge is 0.346 e. The van der Waals surface area contributed by atoms with E-state index in [0.29, 0.717) is 17.8 Å². The van der Waals surface area contributed by atoms with E-state index in [9.17, 15) is 0 Å². The van der Waals surface area contributed by atoms with Gasteiger partial charge in [-0.15, -0.1) is 0 Å². The van der Waals surface area contributed by atoms with Crippen molar-refractivity contribution >= 4 is 17.9 Å². The lowest BCUT2D eigenvalue weighted by molar-refractivity contribution is -0.00299. The van der Waals surface area contributed by atoms with E-state index in [2.05, 4.69) is 4.79 Å². The summed E-state index contributed by atoms with van der Waals surface area (Å²) in [6.45, 7) is 0. The average Bonchev–Trinajstić information content (AvgIpc) is 2.75. The van der Waals surface area contributed by atoms with Crippen LogP contribution in [0.25, 0.3) is 17.7 Å². The monoisotopic (exact) mass is 210 g/mol. The van der Waals surface area contributed by atoms with Gasteiger partial charge in [0.25, 0.3) is 0 Å². The van der Waals surface area contributed by atoms with E-state index in [0.717, 1.165) is 28.0 Å². The molecule has 16 heavy (non-hydrogen) atoms. The minimum atomic E-state index is 0.454. The van der Waals surface area contributed by atoms with Gasteiger partial charge < -0.3 is 17.0 Å². The Hall–Kier alpha value is -2.32. The third-order valence-corrected chi connectivity index (χ3v) is 3.02. The molecular weight excluding hydrogens is 200 g/mol. The van der Waals surface area contributed by atoms with Gasteiger partial charge in [-0.2, -0.15) is 4.79 Å². The second-order valence-electron chi connectivity index (χ2n) is 4.04. The number of nitrogens with two attached hydrogens (primary N) is 2. The quantitative estimate of drug-likeness (QED) is 0.491. The highest BCUT2D eigenvalue weighted by Gasteiger charge is 2.31. The average molecular weight is 210 g/mol. The van der Waals surface area contributed by atoms with Crippen LogP contribution in [-0.4, -0.2) is 10.5 Å². The molecule has 2 aliphatic rings. The Bertz CT molecular complexity index is 616. The standard InChI is InChI=1S/C12H10N4/c13-8-3-6-1-2-7-4-10(14)12(16-15)11(7)9(6)5-8/h1-4H,5,13-14H2. The number of allylic oxidation sites excluding steroid dienone is 2. The zero-order chi connectivity index (χ0) is 11.3. The molecule has 0 saturated heterocycles. The zero-order valence-electron chi connectivity index (χ0n) is 8.57. The van der Waals surface area contributed by atoms with Crippen molar-refractivity contribution in [2.24, 2.45) is 11.5 Å². The number of hydrogen-bond donors (Lipinski definition) is 2. The number of benzene rings is 1. The fraction of sp³-hybridized carbons (Fsp3) is 0.0833. The second-order valence-corrected chi connectivity index (χ2v) is 4.04. The van der Waals surface area contributed by atoms with Gasteiger partial charge in [0.1, 0.15) is 5.70 Å². The van der Waals surface area contributed by atoms with Gasteiger partial charge in [-0.3, -0.25) is 0 Å². The van der Waals surface area contributed by atoms with Crippen LogP contribution in [0.5, 0.6) is 0 Å². The summed E-state index contributed by atoms with van der Waals surface area (Å²) in [5, 5.41) is 0. The van der Waals surface area contributed by atoms with Crippen LogP contribution in [0.3, 0.4) is 0 Å². The van der Waals surface area contributed by atoms with Crippen LogP contribution in [-0.2, 0) is 6.42 Å². The second kappa shape index (κ2) is 2.84. The van der Waals surface area contributed by atoms with E-state index in [-0.39, 0.29) is 0 Å². The lowest BCUT2D eigenvalue weighted by Crippen LogP contribution is -2.12. The molecule has 0 aromatic heterocycles. The fourth-order valence-corrected chi connectivity index (χ4v) is 2.35. The van der Waals surface area contributed by atoms with Crippen LogP contribution in [0.15, 0.2) is 23.5 Å². The summed E-state index contributed by atoms with van der Waals surface area (Å²) in [6.07, 6.45) is 4.46. The molecule has 3 rings (SSSR count). The van der Waals surface area contributed by atoms with Crippen LogP contribution in [0.2, 0.25) is 0 Å². The van der Waals surface area contributed by atoms with Crippen molar-refractivity contribution in [3.05, 3.63) is 51.3 Å². The van der Waals surface area contributed by atoms with E-state index in [1.165, 1.54) is 0 Å². The normalized spacial score (nSPS) is 16.4. The zero-order valence-corrected chi connectivity index (χ0v) is 8.57. The molecule has 2 aliphatic carbocycles. The van der Waals surface area contributed by atoms with Gasteiger partial charge in [0.05, 0.1) is 5.56 Å². The van der Waals surface area contributed by atoms with Gasteiger partial charge >= 0.3 is 5.71 Å². The molecule has 0 bridgehead atoms. The molecule has 4 heteroatoms. The molecule has 0 saturated carbocycles. The predicted octanol–water partition coefficient (Wildman–Crippen LogP) is 0.874. The summed E-state index contributed by atoms with van der Waals surface area (Å²) in [5.74, 6) is 0. The number of nitrogens with zero attached hydrogens (tertiary/aromatic N) is 2. The van der Waals surface area contributed by atoms with Crippen LogP contribution >= 0.6 is 0 Å². The highest BCUT2D eigenvalue weighted by Crippen LogP contribution is 2.33. The Morgan fingerprint density at radius 2 is 1.88 bits per heavy atom. The summed E-state index contributed by atoms with van der Waals surface area (Å²) < 4.78 is 0. The maximum absolute atomic E-state index is 9.00. The van der Waals surface area contributed by atoms with Gasteiger partial charge in [0.2, 0.25) is 0 Å². The predicted molar refractivity (Wildman–Crippen MR) is 62.2 cm³/mol. The Labute approximate surface area is 92.5 Å². The summed E-state index contributed by atoms with van der Waals surface area (Å²) in [6, 6.07) is 3.98. The molecule has 0 unspecified atom stereocenters. The van der Waals surface area contributed by atoms with Crippen molar-refractivity contribution in [1.29, 1.82) is 0 Å². The molecule has 0 heterocycles. The molecule has 1 aromatic carbocycles. The number of rotatable bonds is 0. The third-order valence-electron chi connectivity index (χ3n) is 3.02. The Balaban J connectivity index is 2.30. The molecule has 1 aromatic rings. The number of fused-ring (bicyclic) bond motifs is 3. The summed E-state index contributed by atoms with van der Waals surface area (Å²) in [5.41, 5.74) is 26.5. The van der Waals surface area contributed by atoms with Crippen molar-refractivity contribution in [1.82, 2.24) is 0 Å². The molecule has 0 radical (unpaired) electrons. The summed E-state index contributed by atoms with van der Waals surface area (Å²) in [7, 11) is 0. The molecular formula is C12H10N4. The molecule has 0 amide bonds. The van der Waals surface area contributed by atoms with Gasteiger partial charge in [-0.1, -0.05) is 12.1 Å². The summed E-state index contributed by atoms with van der Waals surface area (Å²) in [4.78, 5) is 3.27. The van der Waals surface area contributed by atoms with Crippen molar-refractivity contribution in [3.63, 3.8) is 0 Å². The first kappa shape index (κ1) is 8.95. The molecule has 0 atom stereocenters. The molecule has 4 nitrogen and oxygen atoms in total. The third kappa shape index (κ3) is 0.990. The highest BCUT2D eigenvalue weighted by molar-refractivity contribution is 6.18. The first-order valence-electron chi connectivity index (χ1n) is 5.02. The Morgan fingerprint density at radius 3 is 2.62 bits per heavy atom. The maximum Gasteiger partial charge on any atom is 0.346 e. The van der Waals surface area contributed by atoms with E-state index < -0.39 is 0 Å². The van der Waals surface area contributed by atoms with Gasteiger partial charge in [0, 0.05) is 12.1 Å². The highest BCUT2D eigenvalue weighted by atomic mass is 14.9. The Morgan fingerprint density at radius 1 is 1.12 bits per heavy atom. The molecule has 0 fully saturated rings. The lowest BCUT2D eigenvalue weighted by atomic mass is 9.97. The van der Waals surface area contributed by atoms with Gasteiger partial charge in [-0.25, -0.2) is 0 Å². The van der Waals surface area contributed by atoms with E-state index in [4.69, 9.17) is 17.0 Å². The van der Waals surface area contributed by atoms with E-state index >= 15 is 0 Å². The molecule has 0 spiro atoms. The van der Waals surface area contributed by atoms with E-state index in [1.807, 2.05) is 24.3 Å². The minimum absolute atomic E-state index is 0.454. The largest absolute Gasteiger partial charge is 0.402 e. The molecule has 78 valence electrons. The van der Waals surface area contributed by atoms with Crippen molar-refractivity contribution < 1.29 is 4.79 Å². The van der Waals surface area contributed by atoms with E-state index in [1.54, 1.807) is 0 Å². The first-order valence-corrected chi connectivity index (χ1v) is 5.02. The van der Waals surface area contributed by atoms with Gasteiger partial charge in [-0.05, 0) is 28.8 Å². The van der Waals surface area contributed by atoms with Crippen LogP contribution in [0, 0.1) is 0 Å². The molecule has 4 N–H and O–H groups in total.